The molecule has 3 heterocycles. The standard InChI is InChI=1S/C33H58N4O4/c1-23(2)9-8-10-28(34)26-15-19-36-31-27(14-17-33(26,36)4)32(3)16-13-25(21-24(32)22-40-31)41-30(39)12-11-29(38)35-18-20-37(5,6)7/h22-23,25-28,31H,8-21,34H2,1-7H3/p+1. The van der Waals surface area contributed by atoms with E-state index in [1.54, 1.807) is 0 Å². The lowest BCUT2D eigenvalue weighted by Gasteiger charge is -2.58. The van der Waals surface area contributed by atoms with Crippen LogP contribution in [0.1, 0.15) is 98.3 Å². The third-order valence-electron chi connectivity index (χ3n) is 10.9. The lowest BCUT2D eigenvalue weighted by atomic mass is 9.58. The average molecular weight is 576 g/mol. The van der Waals surface area contributed by atoms with E-state index >= 15 is 0 Å². The van der Waals surface area contributed by atoms with Gasteiger partial charge < -0.3 is 25.0 Å². The number of hydrogen-bond donors (Lipinski definition) is 2. The number of nitrogens with two attached hydrogens (primary N) is 1. The summed E-state index contributed by atoms with van der Waals surface area (Å²) in [5.41, 5.74) is 8.29. The number of nitrogens with one attached hydrogen (secondary N) is 1. The van der Waals surface area contributed by atoms with Gasteiger partial charge in [0.2, 0.25) is 5.91 Å². The van der Waals surface area contributed by atoms with Crippen LogP contribution in [-0.2, 0) is 19.1 Å². The summed E-state index contributed by atoms with van der Waals surface area (Å²) in [6, 6.07) is 0.254. The van der Waals surface area contributed by atoms with Gasteiger partial charge in [0.25, 0.3) is 0 Å². The zero-order chi connectivity index (χ0) is 30.0. The van der Waals surface area contributed by atoms with Crippen molar-refractivity contribution < 1.29 is 23.5 Å². The van der Waals surface area contributed by atoms with Crippen molar-refractivity contribution in [2.24, 2.45) is 28.9 Å². The largest absolute Gasteiger partial charge is 0.482 e. The number of esters is 1. The summed E-state index contributed by atoms with van der Waals surface area (Å²) in [4.78, 5) is 27.4. The van der Waals surface area contributed by atoms with Crippen molar-refractivity contribution in [1.29, 1.82) is 0 Å². The molecule has 1 aliphatic carbocycles. The quantitative estimate of drug-likeness (QED) is 0.262. The number of fused-ring (bicyclic) bond motifs is 5. The number of hydrogen-bond acceptors (Lipinski definition) is 6. The van der Waals surface area contributed by atoms with Crippen molar-refractivity contribution in [3.8, 4) is 0 Å². The predicted molar refractivity (Wildman–Crippen MR) is 163 cm³/mol. The molecule has 0 radical (unpaired) electrons. The van der Waals surface area contributed by atoms with Gasteiger partial charge in [0, 0.05) is 36.9 Å². The second-order valence-corrected chi connectivity index (χ2v) is 15.4. The molecule has 41 heavy (non-hydrogen) atoms. The molecule has 2 saturated heterocycles. The molecule has 4 rings (SSSR count). The highest BCUT2D eigenvalue weighted by Gasteiger charge is 2.59. The fourth-order valence-corrected chi connectivity index (χ4v) is 8.19. The summed E-state index contributed by atoms with van der Waals surface area (Å²) in [7, 11) is 6.27. The molecular formula is C33H59N4O4+. The highest BCUT2D eigenvalue weighted by molar-refractivity contribution is 5.81. The summed E-state index contributed by atoms with van der Waals surface area (Å²) in [5.74, 6) is 1.33. The number of likely N-dealkylation sites (N-methyl/N-ethyl adjacent to an activating group) is 1. The van der Waals surface area contributed by atoms with Crippen LogP contribution in [0.25, 0.3) is 0 Å². The molecule has 234 valence electrons. The Kier molecular flexibility index (Phi) is 10.2. The first-order valence-corrected chi connectivity index (χ1v) is 16.4. The van der Waals surface area contributed by atoms with Gasteiger partial charge in [-0.05, 0) is 68.3 Å². The fraction of sp³-hybridized carbons (Fsp3) is 0.879. The van der Waals surface area contributed by atoms with Crippen LogP contribution in [0.15, 0.2) is 11.8 Å². The van der Waals surface area contributed by atoms with Gasteiger partial charge in [-0.15, -0.1) is 0 Å². The fourth-order valence-electron chi connectivity index (χ4n) is 8.19. The van der Waals surface area contributed by atoms with Crippen LogP contribution >= 0.6 is 0 Å². The third-order valence-corrected chi connectivity index (χ3v) is 10.9. The summed E-state index contributed by atoms with van der Waals surface area (Å²) in [5, 5.41) is 2.91. The lowest BCUT2D eigenvalue weighted by Crippen LogP contribution is -2.63. The van der Waals surface area contributed by atoms with Gasteiger partial charge in [-0.3, -0.25) is 14.5 Å². The van der Waals surface area contributed by atoms with Crippen LogP contribution in [0.4, 0.5) is 0 Å². The average Bonchev–Trinajstić information content (AvgIpc) is 3.24. The Morgan fingerprint density at radius 3 is 2.61 bits per heavy atom. The number of quaternary nitrogens is 1. The van der Waals surface area contributed by atoms with Gasteiger partial charge >= 0.3 is 5.97 Å². The van der Waals surface area contributed by atoms with E-state index in [-0.39, 0.29) is 54.0 Å². The molecular weight excluding hydrogens is 516 g/mol. The van der Waals surface area contributed by atoms with E-state index in [1.807, 2.05) is 6.26 Å². The molecule has 8 heteroatoms. The maximum absolute atomic E-state index is 12.6. The number of carbonyl (C=O) groups is 2. The third kappa shape index (κ3) is 7.48. The van der Waals surface area contributed by atoms with E-state index in [4.69, 9.17) is 15.2 Å². The lowest BCUT2D eigenvalue weighted by molar-refractivity contribution is -0.869. The Hall–Kier alpha value is -1.64. The van der Waals surface area contributed by atoms with Crippen molar-refractivity contribution in [2.45, 2.75) is 122 Å². The number of nitrogens with zero attached hydrogens (tertiary/aromatic N) is 2. The Labute approximate surface area is 249 Å². The maximum Gasteiger partial charge on any atom is 0.306 e. The number of piperidine rings is 1. The van der Waals surface area contributed by atoms with Crippen LogP contribution in [-0.4, -0.2) is 85.9 Å². The van der Waals surface area contributed by atoms with Crippen molar-refractivity contribution in [2.75, 3.05) is 40.8 Å². The highest BCUT2D eigenvalue weighted by atomic mass is 16.5. The zero-order valence-electron chi connectivity index (χ0n) is 27.0. The van der Waals surface area contributed by atoms with Crippen LogP contribution < -0.4 is 11.1 Å². The Morgan fingerprint density at radius 2 is 1.90 bits per heavy atom. The summed E-state index contributed by atoms with van der Waals surface area (Å²) in [6.45, 7) is 11.9. The van der Waals surface area contributed by atoms with Crippen molar-refractivity contribution in [3.63, 3.8) is 0 Å². The monoisotopic (exact) mass is 575 g/mol. The van der Waals surface area contributed by atoms with Crippen LogP contribution in [0.3, 0.4) is 0 Å². The first-order chi connectivity index (χ1) is 19.2. The molecule has 0 aromatic heterocycles. The minimum absolute atomic E-state index is 0.0655. The molecule has 3 aliphatic heterocycles. The van der Waals surface area contributed by atoms with Gasteiger partial charge in [-0.1, -0.05) is 33.6 Å². The first kappa shape index (κ1) is 32.3. The molecule has 0 aromatic carbocycles. The second-order valence-electron chi connectivity index (χ2n) is 15.4. The van der Waals surface area contributed by atoms with Crippen LogP contribution in [0.2, 0.25) is 0 Å². The molecule has 0 bridgehead atoms. The molecule has 1 amide bonds. The van der Waals surface area contributed by atoms with Crippen LogP contribution in [0, 0.1) is 23.2 Å². The topological polar surface area (TPSA) is 93.9 Å². The molecule has 0 aromatic rings. The molecule has 8 nitrogen and oxygen atoms in total. The van der Waals surface area contributed by atoms with Crippen LogP contribution in [0.5, 0.6) is 0 Å². The number of rotatable bonds is 12. The van der Waals surface area contributed by atoms with E-state index < -0.39 is 0 Å². The smallest absolute Gasteiger partial charge is 0.306 e. The molecule has 0 spiro atoms. The molecule has 1 saturated carbocycles. The molecule has 3 N–H and O–H groups in total. The first-order valence-electron chi connectivity index (χ1n) is 16.4. The zero-order valence-corrected chi connectivity index (χ0v) is 27.0. The second kappa shape index (κ2) is 12.9. The Balaban J connectivity index is 1.29. The Bertz CT molecular complexity index is 961. The summed E-state index contributed by atoms with van der Waals surface area (Å²) >= 11 is 0. The van der Waals surface area contributed by atoms with E-state index in [9.17, 15) is 9.59 Å². The SMILES string of the molecule is CC(C)CCCC(N)C1CCN2C3OC=C4CC(OC(=O)CCC(=O)NCC[N+](C)(C)C)CCC4(C)C3CCC12C. The maximum atomic E-state index is 12.6. The normalized spacial score (nSPS) is 34.1. The van der Waals surface area contributed by atoms with Gasteiger partial charge in [-0.2, -0.15) is 0 Å². The molecule has 7 unspecified atom stereocenters. The van der Waals surface area contributed by atoms with E-state index in [1.165, 1.54) is 18.4 Å². The van der Waals surface area contributed by atoms with Gasteiger partial charge in [0.05, 0.1) is 46.9 Å². The highest BCUT2D eigenvalue weighted by Crippen LogP contribution is 2.58. The van der Waals surface area contributed by atoms with E-state index in [2.05, 4.69) is 59.1 Å². The van der Waals surface area contributed by atoms with Crippen molar-refractivity contribution in [1.82, 2.24) is 10.2 Å². The van der Waals surface area contributed by atoms with Gasteiger partial charge in [0.1, 0.15) is 6.10 Å². The number of ether oxygens (including phenoxy) is 2. The molecule has 4 aliphatic rings. The number of amides is 1. The van der Waals surface area contributed by atoms with Gasteiger partial charge in [0.15, 0.2) is 6.23 Å². The van der Waals surface area contributed by atoms with Crippen molar-refractivity contribution in [3.05, 3.63) is 11.8 Å². The van der Waals surface area contributed by atoms with Gasteiger partial charge in [-0.25, -0.2) is 0 Å². The van der Waals surface area contributed by atoms with E-state index in [0.717, 1.165) is 68.4 Å². The minimum atomic E-state index is -0.281. The molecule has 7 atom stereocenters. The number of carbonyl (C=O) groups excluding carboxylic acids is 2. The predicted octanol–water partition coefficient (Wildman–Crippen LogP) is 4.58. The molecule has 3 fully saturated rings. The van der Waals surface area contributed by atoms with E-state index in [0.29, 0.717) is 18.4 Å². The minimum Gasteiger partial charge on any atom is -0.482 e. The summed E-state index contributed by atoms with van der Waals surface area (Å²) < 4.78 is 13.2. The summed E-state index contributed by atoms with van der Waals surface area (Å²) in [6.07, 6.45) is 11.9. The van der Waals surface area contributed by atoms with Crippen molar-refractivity contribution >= 4 is 11.9 Å². The Morgan fingerprint density at radius 1 is 1.15 bits per heavy atom.